The van der Waals surface area contributed by atoms with Gasteiger partial charge in [0.2, 0.25) is 0 Å². The Kier molecular flexibility index (Phi) is 3.77. The van der Waals surface area contributed by atoms with Gasteiger partial charge in [-0.3, -0.25) is 0 Å². The van der Waals surface area contributed by atoms with Crippen LogP contribution in [-0.2, 0) is 23.6 Å². The minimum absolute atomic E-state index is 0.269. The van der Waals surface area contributed by atoms with Gasteiger partial charge in [-0.2, -0.15) is 0 Å². The van der Waals surface area contributed by atoms with E-state index in [0.29, 0.717) is 0 Å². The van der Waals surface area contributed by atoms with Crippen LogP contribution in [0.2, 0.25) is 0 Å². The van der Waals surface area contributed by atoms with Gasteiger partial charge >= 0.3 is 0 Å². The maximum atomic E-state index is 5.78. The molecule has 0 atom stereocenters. The van der Waals surface area contributed by atoms with Gasteiger partial charge in [0.15, 0.2) is 0 Å². The Morgan fingerprint density at radius 2 is 0.929 bits per heavy atom. The molecule has 0 spiro atoms. The molecule has 6 heteroatoms. The second-order valence-electron chi connectivity index (χ2n) is 5.50. The Morgan fingerprint density at radius 1 is 0.714 bits per heavy atom. The molecular weight excluding hydrogens is 286 g/mol. The molecule has 0 aromatic carbocycles. The third-order valence-corrected chi connectivity index (χ3v) is 40.8. The first-order chi connectivity index (χ1) is 5.91. The predicted octanol–water partition coefficient (Wildman–Crippen LogP) is 5.68. The maximum absolute atomic E-state index is 5.78. The summed E-state index contributed by atoms with van der Waals surface area (Å²) in [6.45, 7) is 13.6. The lowest BCUT2D eigenvalue weighted by Gasteiger charge is -2.52. The molecule has 0 radical (unpaired) electrons. The molecule has 1 rings (SSSR count). The van der Waals surface area contributed by atoms with Gasteiger partial charge in [0.05, 0.1) is 8.88 Å². The van der Waals surface area contributed by atoms with Crippen LogP contribution < -0.4 is 0 Å². The average Bonchev–Trinajstić information content (AvgIpc) is 1.78. The van der Waals surface area contributed by atoms with Crippen LogP contribution in [0.4, 0.5) is 0 Å². The van der Waals surface area contributed by atoms with Crippen molar-refractivity contribution in [3.05, 3.63) is 0 Å². The molecule has 1 aliphatic rings. The molecule has 14 heavy (non-hydrogen) atoms. The topological polar surface area (TPSA) is 0 Å². The Labute approximate surface area is 106 Å². The van der Waals surface area contributed by atoms with Gasteiger partial charge in [-0.25, -0.2) is 0 Å². The second-order valence-corrected chi connectivity index (χ2v) is 28.4. The van der Waals surface area contributed by atoms with E-state index in [1.165, 1.54) is 0 Å². The Bertz CT molecular complexity index is 288. The number of hydrogen-bond donors (Lipinski definition) is 0. The monoisotopic (exact) mass is 304 g/mol. The van der Waals surface area contributed by atoms with Crippen LogP contribution in [-0.4, -0.2) is 10.3 Å². The third-order valence-electron chi connectivity index (χ3n) is 2.07. The first kappa shape index (κ1) is 14.1. The van der Waals surface area contributed by atoms with Crippen molar-refractivity contribution in [2.45, 2.75) is 51.9 Å². The van der Waals surface area contributed by atoms with E-state index in [1.54, 1.807) is 0 Å². The minimum atomic E-state index is -1.28. The van der Waals surface area contributed by atoms with E-state index in [9.17, 15) is 0 Å². The molecule has 1 saturated heterocycles. The van der Waals surface area contributed by atoms with Gasteiger partial charge < -0.3 is 0 Å². The van der Waals surface area contributed by atoms with Crippen LogP contribution in [0.5, 0.6) is 0 Å². The summed E-state index contributed by atoms with van der Waals surface area (Å²) in [5, 5.41) is 0.538. The van der Waals surface area contributed by atoms with Gasteiger partial charge in [-0.1, -0.05) is 87.2 Å². The Morgan fingerprint density at radius 3 is 1.07 bits per heavy atom. The van der Waals surface area contributed by atoms with Crippen LogP contribution in [0.15, 0.2) is 0 Å². The predicted molar refractivity (Wildman–Crippen MR) is 83.3 cm³/mol. The summed E-state index contributed by atoms with van der Waals surface area (Å²) < 4.78 is -2.57. The molecule has 84 valence electrons. The standard InChI is InChI=1S/C8H18P2S4/c1-7(2,3)9(11)13-10(12,14-9)8(4,5)6/h1-6H3. The van der Waals surface area contributed by atoms with Crippen LogP contribution in [0.1, 0.15) is 41.5 Å². The van der Waals surface area contributed by atoms with Gasteiger partial charge in [0.1, 0.15) is 0 Å². The first-order valence-corrected chi connectivity index (χ1v) is 14.2. The summed E-state index contributed by atoms with van der Waals surface area (Å²) in [7, 11) is 0. The molecule has 0 aliphatic carbocycles. The van der Waals surface area contributed by atoms with E-state index in [-0.39, 0.29) is 10.3 Å². The highest BCUT2D eigenvalue weighted by atomic mass is 33.7. The van der Waals surface area contributed by atoms with E-state index < -0.39 is 8.88 Å². The highest BCUT2D eigenvalue weighted by molar-refractivity contribution is 9.46. The van der Waals surface area contributed by atoms with Gasteiger partial charge in [-0.05, 0) is 0 Å². The summed E-state index contributed by atoms with van der Waals surface area (Å²) in [6, 6.07) is 0. The first-order valence-electron chi connectivity index (χ1n) is 4.54. The zero-order valence-electron chi connectivity index (χ0n) is 9.53. The summed E-state index contributed by atoms with van der Waals surface area (Å²) in [6.07, 6.45) is 0. The molecule has 0 unspecified atom stereocenters. The SMILES string of the molecule is CC(C)(C)P1(=S)SP(=S)(C(C)(C)C)S1. The molecule has 0 aromatic rings. The normalized spacial score (nSPS) is 39.3. The maximum Gasteiger partial charge on any atom is 0.0733 e. The minimum Gasteiger partial charge on any atom is -0.0731 e. The van der Waals surface area contributed by atoms with Gasteiger partial charge in [0, 0.05) is 10.3 Å². The third kappa shape index (κ3) is 2.31. The molecule has 0 bridgehead atoms. The summed E-state index contributed by atoms with van der Waals surface area (Å²) >= 11 is 15.6. The molecular formula is C8H18P2S4. The molecule has 0 aromatic heterocycles. The lowest BCUT2D eigenvalue weighted by molar-refractivity contribution is 0.795. The molecule has 1 aliphatic heterocycles. The fraction of sp³-hybridized carbons (Fsp3) is 1.00. The molecule has 0 saturated carbocycles. The highest BCUT2D eigenvalue weighted by Crippen LogP contribution is 3.10. The number of rotatable bonds is 0. The summed E-state index contributed by atoms with van der Waals surface area (Å²) in [5.74, 6) is 0. The summed E-state index contributed by atoms with van der Waals surface area (Å²) in [5.41, 5.74) is 0. The average molecular weight is 304 g/mol. The van der Waals surface area contributed by atoms with Gasteiger partial charge in [0.25, 0.3) is 0 Å². The fourth-order valence-electron chi connectivity index (χ4n) is 0.779. The van der Waals surface area contributed by atoms with Crippen LogP contribution in [0.3, 0.4) is 0 Å². The largest absolute Gasteiger partial charge is 0.0733 e. The zero-order valence-corrected chi connectivity index (χ0v) is 14.6. The number of hydrogen-bond acceptors (Lipinski definition) is 4. The zero-order chi connectivity index (χ0) is 11.4. The van der Waals surface area contributed by atoms with Crippen molar-refractivity contribution >= 4 is 54.5 Å². The van der Waals surface area contributed by atoms with Gasteiger partial charge in [-0.15, -0.1) is 0 Å². The lowest BCUT2D eigenvalue weighted by Crippen LogP contribution is -2.19. The van der Waals surface area contributed by atoms with E-state index in [2.05, 4.69) is 41.5 Å². The van der Waals surface area contributed by atoms with E-state index in [0.717, 1.165) is 0 Å². The van der Waals surface area contributed by atoms with E-state index >= 15 is 0 Å². The van der Waals surface area contributed by atoms with Crippen molar-refractivity contribution in [2.75, 3.05) is 0 Å². The van der Waals surface area contributed by atoms with Crippen molar-refractivity contribution < 1.29 is 0 Å². The van der Waals surface area contributed by atoms with Crippen molar-refractivity contribution in [1.82, 2.24) is 0 Å². The fourth-order valence-corrected chi connectivity index (χ4v) is 47.7. The smallest absolute Gasteiger partial charge is 0.0731 e. The van der Waals surface area contributed by atoms with Crippen molar-refractivity contribution in [3.63, 3.8) is 0 Å². The van der Waals surface area contributed by atoms with Crippen LogP contribution in [0.25, 0.3) is 0 Å². The van der Waals surface area contributed by atoms with Crippen molar-refractivity contribution in [2.24, 2.45) is 0 Å². The molecule has 0 N–H and O–H groups in total. The second kappa shape index (κ2) is 3.75. The Hall–Kier alpha value is 2.00. The Balaban J connectivity index is 2.88. The quantitative estimate of drug-likeness (QED) is 0.527. The van der Waals surface area contributed by atoms with E-state index in [1.807, 2.05) is 22.0 Å². The van der Waals surface area contributed by atoms with Crippen molar-refractivity contribution in [1.29, 1.82) is 0 Å². The van der Waals surface area contributed by atoms with Crippen LogP contribution in [0, 0.1) is 0 Å². The molecule has 0 nitrogen and oxygen atoms in total. The molecule has 0 amide bonds. The molecule has 1 fully saturated rings. The van der Waals surface area contributed by atoms with Crippen molar-refractivity contribution in [3.8, 4) is 0 Å². The highest BCUT2D eigenvalue weighted by Gasteiger charge is 2.54. The van der Waals surface area contributed by atoms with Crippen LogP contribution >= 0.6 is 30.9 Å². The van der Waals surface area contributed by atoms with E-state index in [4.69, 9.17) is 23.6 Å². The lowest BCUT2D eigenvalue weighted by atomic mass is 10.3. The molecule has 1 heterocycles. The summed E-state index contributed by atoms with van der Waals surface area (Å²) in [4.78, 5) is 0.